The van der Waals surface area contributed by atoms with E-state index < -0.39 is 17.8 Å². The van der Waals surface area contributed by atoms with E-state index in [1.54, 1.807) is 18.2 Å². The van der Waals surface area contributed by atoms with Crippen molar-refractivity contribution in [2.24, 2.45) is 5.92 Å². The van der Waals surface area contributed by atoms with Gasteiger partial charge in [0.1, 0.15) is 18.3 Å². The lowest BCUT2D eigenvalue weighted by atomic mass is 9.97. The number of benzene rings is 3. The SMILES string of the molecule is CCN(C(=O)C(Cc1cccc(OCc2ccccc2)c1)C(=O)O)c1ccccc1. The molecule has 0 radical (unpaired) electrons. The fourth-order valence-electron chi connectivity index (χ4n) is 3.28. The number of anilines is 1. The van der Waals surface area contributed by atoms with E-state index in [0.717, 1.165) is 11.1 Å². The lowest BCUT2D eigenvalue weighted by molar-refractivity contribution is -0.146. The van der Waals surface area contributed by atoms with Crippen molar-refractivity contribution in [3.05, 3.63) is 96.1 Å². The van der Waals surface area contributed by atoms with Crippen LogP contribution in [0.3, 0.4) is 0 Å². The highest BCUT2D eigenvalue weighted by Gasteiger charge is 2.31. The van der Waals surface area contributed by atoms with Crippen LogP contribution in [-0.2, 0) is 22.6 Å². The second-order valence-corrected chi connectivity index (χ2v) is 6.93. The third-order valence-electron chi connectivity index (χ3n) is 4.83. The van der Waals surface area contributed by atoms with Crippen LogP contribution in [0, 0.1) is 5.92 Å². The second kappa shape index (κ2) is 10.3. The molecule has 1 amide bonds. The summed E-state index contributed by atoms with van der Waals surface area (Å²) in [6.07, 6.45) is 0.0973. The molecule has 0 saturated carbocycles. The van der Waals surface area contributed by atoms with Crippen LogP contribution in [0.4, 0.5) is 5.69 Å². The smallest absolute Gasteiger partial charge is 0.316 e. The average molecular weight is 403 g/mol. The van der Waals surface area contributed by atoms with Gasteiger partial charge in [0, 0.05) is 12.2 Å². The largest absolute Gasteiger partial charge is 0.489 e. The van der Waals surface area contributed by atoms with Crippen LogP contribution in [0.25, 0.3) is 0 Å². The Morgan fingerprint density at radius 3 is 2.17 bits per heavy atom. The minimum atomic E-state index is -1.17. The van der Waals surface area contributed by atoms with E-state index in [2.05, 4.69) is 0 Å². The highest BCUT2D eigenvalue weighted by molar-refractivity contribution is 6.05. The first-order chi connectivity index (χ1) is 14.6. The first-order valence-corrected chi connectivity index (χ1v) is 9.93. The minimum Gasteiger partial charge on any atom is -0.489 e. The minimum absolute atomic E-state index is 0.0973. The number of ether oxygens (including phenoxy) is 1. The standard InChI is InChI=1S/C25H25NO4/c1-2-26(21-13-7-4-8-14-21)24(27)23(25(28)29)17-20-12-9-15-22(16-20)30-18-19-10-5-3-6-11-19/h3-16,23H,2,17-18H2,1H3,(H,28,29). The number of hydrogen-bond donors (Lipinski definition) is 1. The lowest BCUT2D eigenvalue weighted by Gasteiger charge is -2.24. The number of carbonyl (C=O) groups is 2. The van der Waals surface area contributed by atoms with Gasteiger partial charge in [0.05, 0.1) is 0 Å². The van der Waals surface area contributed by atoms with E-state index in [1.807, 2.05) is 73.7 Å². The molecule has 0 bridgehead atoms. The maximum Gasteiger partial charge on any atom is 0.316 e. The van der Waals surface area contributed by atoms with Crippen molar-refractivity contribution < 1.29 is 19.4 Å². The van der Waals surface area contributed by atoms with Crippen LogP contribution in [0.2, 0.25) is 0 Å². The summed E-state index contributed by atoms with van der Waals surface area (Å²) in [4.78, 5) is 26.5. The highest BCUT2D eigenvalue weighted by Crippen LogP contribution is 2.22. The number of amides is 1. The van der Waals surface area contributed by atoms with E-state index in [9.17, 15) is 14.7 Å². The molecule has 0 aliphatic rings. The molecule has 0 spiro atoms. The van der Waals surface area contributed by atoms with E-state index in [0.29, 0.717) is 24.6 Å². The molecular formula is C25H25NO4. The third kappa shape index (κ3) is 5.47. The van der Waals surface area contributed by atoms with Crippen molar-refractivity contribution in [1.82, 2.24) is 0 Å². The third-order valence-corrected chi connectivity index (χ3v) is 4.83. The number of nitrogens with zero attached hydrogens (tertiary/aromatic N) is 1. The molecule has 5 heteroatoms. The Kier molecular flexibility index (Phi) is 7.22. The monoisotopic (exact) mass is 403 g/mol. The molecule has 0 saturated heterocycles. The summed E-state index contributed by atoms with van der Waals surface area (Å²) in [5, 5.41) is 9.74. The van der Waals surface area contributed by atoms with Crippen LogP contribution < -0.4 is 9.64 Å². The highest BCUT2D eigenvalue weighted by atomic mass is 16.5. The summed E-state index contributed by atoms with van der Waals surface area (Å²) >= 11 is 0. The van der Waals surface area contributed by atoms with E-state index in [1.165, 1.54) is 4.90 Å². The van der Waals surface area contributed by atoms with Crippen LogP contribution >= 0.6 is 0 Å². The van der Waals surface area contributed by atoms with Gasteiger partial charge in [-0.1, -0.05) is 60.7 Å². The number of rotatable bonds is 9. The fourth-order valence-corrected chi connectivity index (χ4v) is 3.28. The molecule has 0 aromatic heterocycles. The van der Waals surface area contributed by atoms with Crippen LogP contribution in [0.15, 0.2) is 84.9 Å². The zero-order valence-electron chi connectivity index (χ0n) is 16.9. The molecule has 1 atom stereocenters. The Morgan fingerprint density at radius 1 is 0.900 bits per heavy atom. The summed E-state index contributed by atoms with van der Waals surface area (Å²) in [6.45, 7) is 2.65. The molecule has 3 rings (SSSR count). The summed E-state index contributed by atoms with van der Waals surface area (Å²) in [6, 6.07) is 26.2. The molecule has 154 valence electrons. The van der Waals surface area contributed by atoms with Gasteiger partial charge in [-0.3, -0.25) is 9.59 Å². The molecule has 3 aromatic carbocycles. The quantitative estimate of drug-likeness (QED) is 0.532. The number of carbonyl (C=O) groups excluding carboxylic acids is 1. The number of carboxylic acids is 1. The molecule has 0 aliphatic heterocycles. The van der Waals surface area contributed by atoms with Gasteiger partial charge in [0.15, 0.2) is 0 Å². The van der Waals surface area contributed by atoms with Crippen LogP contribution in [0.5, 0.6) is 5.75 Å². The summed E-state index contributed by atoms with van der Waals surface area (Å²) < 4.78 is 5.83. The van der Waals surface area contributed by atoms with Crippen molar-refractivity contribution in [2.75, 3.05) is 11.4 Å². The summed E-state index contributed by atoms with van der Waals surface area (Å²) in [7, 11) is 0. The van der Waals surface area contributed by atoms with Gasteiger partial charge in [-0.2, -0.15) is 0 Å². The molecule has 3 aromatic rings. The molecule has 1 N–H and O–H groups in total. The van der Waals surface area contributed by atoms with Gasteiger partial charge in [-0.05, 0) is 48.7 Å². The number of para-hydroxylation sites is 1. The average Bonchev–Trinajstić information content (AvgIpc) is 2.78. The van der Waals surface area contributed by atoms with Crippen LogP contribution in [0.1, 0.15) is 18.1 Å². The van der Waals surface area contributed by atoms with Gasteiger partial charge in [-0.25, -0.2) is 0 Å². The number of aliphatic carboxylic acids is 1. The maximum atomic E-state index is 13.0. The molecule has 30 heavy (non-hydrogen) atoms. The van der Waals surface area contributed by atoms with Gasteiger partial charge >= 0.3 is 5.97 Å². The Balaban J connectivity index is 1.73. The Bertz CT molecular complexity index is 973. The van der Waals surface area contributed by atoms with Crippen molar-refractivity contribution >= 4 is 17.6 Å². The fraction of sp³-hybridized carbons (Fsp3) is 0.200. The molecule has 0 fully saturated rings. The van der Waals surface area contributed by atoms with Gasteiger partial charge < -0.3 is 14.7 Å². The molecule has 0 heterocycles. The maximum absolute atomic E-state index is 13.0. The summed E-state index contributed by atoms with van der Waals surface area (Å²) in [5.41, 5.74) is 2.48. The molecule has 0 aliphatic carbocycles. The molecular weight excluding hydrogens is 378 g/mol. The normalized spacial score (nSPS) is 11.5. The van der Waals surface area contributed by atoms with E-state index in [4.69, 9.17) is 4.74 Å². The van der Waals surface area contributed by atoms with Crippen molar-refractivity contribution in [3.8, 4) is 5.75 Å². The van der Waals surface area contributed by atoms with Crippen LogP contribution in [-0.4, -0.2) is 23.5 Å². The first-order valence-electron chi connectivity index (χ1n) is 9.93. The second-order valence-electron chi connectivity index (χ2n) is 6.93. The Hall–Kier alpha value is -3.60. The number of carboxylic acid groups (broad SMARTS) is 1. The Labute approximate surface area is 176 Å². The van der Waals surface area contributed by atoms with E-state index >= 15 is 0 Å². The predicted molar refractivity (Wildman–Crippen MR) is 117 cm³/mol. The van der Waals surface area contributed by atoms with Gasteiger partial charge in [0.25, 0.3) is 0 Å². The topological polar surface area (TPSA) is 66.8 Å². The van der Waals surface area contributed by atoms with Gasteiger partial charge in [-0.15, -0.1) is 0 Å². The van der Waals surface area contributed by atoms with Crippen molar-refractivity contribution in [2.45, 2.75) is 20.0 Å². The van der Waals surface area contributed by atoms with Gasteiger partial charge in [0.2, 0.25) is 5.91 Å². The number of hydrogen-bond acceptors (Lipinski definition) is 3. The summed E-state index contributed by atoms with van der Waals surface area (Å²) in [5.74, 6) is -2.09. The zero-order valence-corrected chi connectivity index (χ0v) is 16.9. The first kappa shape index (κ1) is 21.1. The van der Waals surface area contributed by atoms with E-state index in [-0.39, 0.29) is 6.42 Å². The molecule has 1 unspecified atom stereocenters. The lowest BCUT2D eigenvalue weighted by Crippen LogP contribution is -2.40. The Morgan fingerprint density at radius 2 is 1.53 bits per heavy atom. The predicted octanol–water partition coefficient (Wildman–Crippen LogP) is 4.56. The molecule has 5 nitrogen and oxygen atoms in total. The zero-order chi connectivity index (χ0) is 21.3. The van der Waals surface area contributed by atoms with Crippen molar-refractivity contribution in [1.29, 1.82) is 0 Å². The van der Waals surface area contributed by atoms with Crippen molar-refractivity contribution in [3.63, 3.8) is 0 Å².